The maximum absolute atomic E-state index is 13.3. The molecule has 0 aliphatic rings. The van der Waals surface area contributed by atoms with Gasteiger partial charge in [-0.05, 0) is 29.8 Å². The number of nitrogens with one attached hydrogen (secondary N) is 2. The second kappa shape index (κ2) is 7.01. The zero-order valence-electron chi connectivity index (χ0n) is 10.9. The number of rotatable bonds is 4. The summed E-state index contributed by atoms with van der Waals surface area (Å²) in [5.74, 6) is -0.616. The van der Waals surface area contributed by atoms with Crippen molar-refractivity contribution in [3.8, 4) is 0 Å². The maximum Gasteiger partial charge on any atom is 0.319 e. The van der Waals surface area contributed by atoms with Gasteiger partial charge in [-0.3, -0.25) is 4.98 Å². The molecule has 0 unspecified atom stereocenters. The second-order valence-electron chi connectivity index (χ2n) is 4.26. The minimum atomic E-state index is -1.03. The summed E-state index contributed by atoms with van der Waals surface area (Å²) in [5, 5.41) is 14.9. The summed E-state index contributed by atoms with van der Waals surface area (Å²) in [6, 6.07) is 6.77. The number of carbonyl (C=O) groups excluding carboxylic acids is 1. The number of amides is 2. The number of benzene rings is 1. The van der Waals surface area contributed by atoms with E-state index in [4.69, 9.17) is 11.6 Å². The molecule has 0 spiro atoms. The minimum absolute atomic E-state index is 0.0191. The molecule has 2 amide bonds. The molecule has 2 rings (SSSR count). The van der Waals surface area contributed by atoms with Crippen LogP contribution >= 0.6 is 11.6 Å². The summed E-state index contributed by atoms with van der Waals surface area (Å²) < 4.78 is 13.3. The first kappa shape index (κ1) is 15.2. The fourth-order valence-corrected chi connectivity index (χ4v) is 1.75. The lowest BCUT2D eigenvalue weighted by Crippen LogP contribution is -2.32. The van der Waals surface area contributed by atoms with Gasteiger partial charge in [0, 0.05) is 24.6 Å². The summed E-state index contributed by atoms with van der Waals surface area (Å²) in [7, 11) is 0. The Morgan fingerprint density at radius 3 is 2.71 bits per heavy atom. The predicted molar refractivity (Wildman–Crippen MR) is 77.6 cm³/mol. The smallest absolute Gasteiger partial charge is 0.319 e. The van der Waals surface area contributed by atoms with Gasteiger partial charge in [-0.2, -0.15) is 0 Å². The molecule has 1 aromatic heterocycles. The Hall–Kier alpha value is -2.18. The van der Waals surface area contributed by atoms with E-state index in [0.29, 0.717) is 11.3 Å². The lowest BCUT2D eigenvalue weighted by Gasteiger charge is -2.13. The van der Waals surface area contributed by atoms with Crippen LogP contribution in [0.4, 0.5) is 14.9 Å². The Kier molecular flexibility index (Phi) is 5.08. The van der Waals surface area contributed by atoms with Crippen LogP contribution in [0.2, 0.25) is 5.02 Å². The molecule has 0 saturated heterocycles. The highest BCUT2D eigenvalue weighted by Crippen LogP contribution is 2.19. The molecule has 0 aliphatic carbocycles. The number of pyridine rings is 1. The third kappa shape index (κ3) is 4.40. The van der Waals surface area contributed by atoms with E-state index in [2.05, 4.69) is 15.6 Å². The Balaban J connectivity index is 1.87. The van der Waals surface area contributed by atoms with Crippen molar-refractivity contribution < 1.29 is 14.3 Å². The van der Waals surface area contributed by atoms with Crippen molar-refractivity contribution in [1.29, 1.82) is 0 Å². The SMILES string of the molecule is O=C(NC[C@H](O)c1ccc(Cl)c(F)c1)Nc1ccncc1. The average molecular weight is 310 g/mol. The van der Waals surface area contributed by atoms with Gasteiger partial charge in [-0.15, -0.1) is 0 Å². The molecule has 0 bridgehead atoms. The van der Waals surface area contributed by atoms with Gasteiger partial charge in [-0.1, -0.05) is 17.7 Å². The van der Waals surface area contributed by atoms with Crippen LogP contribution in [-0.2, 0) is 0 Å². The molecule has 0 fully saturated rings. The van der Waals surface area contributed by atoms with Crippen LogP contribution < -0.4 is 10.6 Å². The van der Waals surface area contributed by atoms with Gasteiger partial charge in [0.2, 0.25) is 0 Å². The van der Waals surface area contributed by atoms with Crippen molar-refractivity contribution in [3.05, 3.63) is 59.1 Å². The highest BCUT2D eigenvalue weighted by Gasteiger charge is 2.11. The van der Waals surface area contributed by atoms with Gasteiger partial charge in [0.25, 0.3) is 0 Å². The molecule has 0 radical (unpaired) electrons. The van der Waals surface area contributed by atoms with Crippen molar-refractivity contribution in [2.45, 2.75) is 6.10 Å². The summed E-state index contributed by atoms with van der Waals surface area (Å²) in [6.07, 6.45) is 2.06. The Morgan fingerprint density at radius 2 is 2.05 bits per heavy atom. The van der Waals surface area contributed by atoms with E-state index < -0.39 is 18.0 Å². The first-order chi connectivity index (χ1) is 10.1. The van der Waals surface area contributed by atoms with E-state index in [1.165, 1.54) is 12.1 Å². The Bertz CT molecular complexity index is 625. The van der Waals surface area contributed by atoms with Gasteiger partial charge in [0.05, 0.1) is 11.1 Å². The maximum atomic E-state index is 13.3. The highest BCUT2D eigenvalue weighted by molar-refractivity contribution is 6.30. The third-order valence-corrected chi connectivity index (χ3v) is 3.03. The number of hydrogen-bond acceptors (Lipinski definition) is 3. The quantitative estimate of drug-likeness (QED) is 0.813. The van der Waals surface area contributed by atoms with Crippen molar-refractivity contribution in [2.75, 3.05) is 11.9 Å². The third-order valence-electron chi connectivity index (χ3n) is 2.72. The monoisotopic (exact) mass is 309 g/mol. The van der Waals surface area contributed by atoms with Crippen molar-refractivity contribution in [1.82, 2.24) is 10.3 Å². The second-order valence-corrected chi connectivity index (χ2v) is 4.67. The summed E-state index contributed by atoms with van der Waals surface area (Å²) >= 11 is 5.56. The Morgan fingerprint density at radius 1 is 1.33 bits per heavy atom. The lowest BCUT2D eigenvalue weighted by molar-refractivity contribution is 0.174. The molecule has 110 valence electrons. The first-order valence-electron chi connectivity index (χ1n) is 6.14. The summed E-state index contributed by atoms with van der Waals surface area (Å²) in [4.78, 5) is 15.4. The molecule has 2 aromatic rings. The van der Waals surface area contributed by atoms with Gasteiger partial charge in [0.1, 0.15) is 5.82 Å². The molecular formula is C14H13ClFN3O2. The fraction of sp³-hybridized carbons (Fsp3) is 0.143. The average Bonchev–Trinajstić information content (AvgIpc) is 2.48. The van der Waals surface area contributed by atoms with E-state index in [0.717, 1.165) is 6.07 Å². The van der Waals surface area contributed by atoms with Gasteiger partial charge >= 0.3 is 6.03 Å². The number of nitrogens with zero attached hydrogens (tertiary/aromatic N) is 1. The van der Waals surface area contributed by atoms with E-state index >= 15 is 0 Å². The van der Waals surface area contributed by atoms with E-state index in [1.54, 1.807) is 24.5 Å². The number of aromatic nitrogens is 1. The van der Waals surface area contributed by atoms with Crippen LogP contribution in [0.1, 0.15) is 11.7 Å². The molecule has 1 aromatic carbocycles. The fourth-order valence-electron chi connectivity index (χ4n) is 1.64. The molecule has 5 nitrogen and oxygen atoms in total. The van der Waals surface area contributed by atoms with Gasteiger partial charge in [0.15, 0.2) is 0 Å². The number of anilines is 1. The molecule has 0 aliphatic heterocycles. The zero-order chi connectivity index (χ0) is 15.2. The van der Waals surface area contributed by atoms with Crippen LogP contribution in [0.3, 0.4) is 0 Å². The zero-order valence-corrected chi connectivity index (χ0v) is 11.6. The Labute approximate surface area is 125 Å². The number of hydrogen-bond donors (Lipinski definition) is 3. The van der Waals surface area contributed by atoms with E-state index in [1.807, 2.05) is 0 Å². The van der Waals surface area contributed by atoms with Crippen molar-refractivity contribution >= 4 is 23.3 Å². The molecule has 0 saturated carbocycles. The van der Waals surface area contributed by atoms with Crippen LogP contribution in [0.15, 0.2) is 42.7 Å². The first-order valence-corrected chi connectivity index (χ1v) is 6.52. The number of aliphatic hydroxyl groups is 1. The van der Waals surface area contributed by atoms with Gasteiger partial charge in [-0.25, -0.2) is 9.18 Å². The summed E-state index contributed by atoms with van der Waals surface area (Å²) in [5.41, 5.74) is 0.913. The topological polar surface area (TPSA) is 74.2 Å². The minimum Gasteiger partial charge on any atom is -0.387 e. The van der Waals surface area contributed by atoms with Crippen LogP contribution in [0.5, 0.6) is 0 Å². The van der Waals surface area contributed by atoms with Crippen LogP contribution in [0.25, 0.3) is 0 Å². The number of aliphatic hydroxyl groups excluding tert-OH is 1. The van der Waals surface area contributed by atoms with E-state index in [9.17, 15) is 14.3 Å². The molecule has 7 heteroatoms. The normalized spacial score (nSPS) is 11.8. The standard InChI is InChI=1S/C14H13ClFN3O2/c15-11-2-1-9(7-12(11)16)13(20)8-18-14(21)19-10-3-5-17-6-4-10/h1-7,13,20H,8H2,(H2,17,18,19,21)/t13-/m0/s1. The van der Waals surface area contributed by atoms with Crippen molar-refractivity contribution in [2.24, 2.45) is 0 Å². The number of carbonyl (C=O) groups is 1. The lowest BCUT2D eigenvalue weighted by atomic mass is 10.1. The molecule has 1 atom stereocenters. The number of urea groups is 1. The molecule has 1 heterocycles. The largest absolute Gasteiger partial charge is 0.387 e. The highest BCUT2D eigenvalue weighted by atomic mass is 35.5. The van der Waals surface area contributed by atoms with E-state index in [-0.39, 0.29) is 11.6 Å². The predicted octanol–water partition coefficient (Wildman–Crippen LogP) is 2.73. The molecular weight excluding hydrogens is 297 g/mol. The van der Waals surface area contributed by atoms with Gasteiger partial charge < -0.3 is 15.7 Å². The summed E-state index contributed by atoms with van der Waals surface area (Å²) in [6.45, 7) is -0.0576. The molecule has 3 N–H and O–H groups in total. The number of halogens is 2. The molecule has 21 heavy (non-hydrogen) atoms. The van der Waals surface area contributed by atoms with Crippen LogP contribution in [-0.4, -0.2) is 22.7 Å². The van der Waals surface area contributed by atoms with Crippen molar-refractivity contribution in [3.63, 3.8) is 0 Å². The van der Waals surface area contributed by atoms with Crippen LogP contribution in [0, 0.1) is 5.82 Å².